The molecule has 0 aromatic carbocycles. The zero-order valence-electron chi connectivity index (χ0n) is 9.59. The number of nitrogens with zero attached hydrogens (tertiary/aromatic N) is 1. The lowest BCUT2D eigenvalue weighted by atomic mass is 10.3. The molecule has 4 rings (SSSR count). The summed E-state index contributed by atoms with van der Waals surface area (Å²) in [4.78, 5) is 6.31. The van der Waals surface area contributed by atoms with Gasteiger partial charge in [-0.15, -0.1) is 23.5 Å². The number of anilines is 1. The van der Waals surface area contributed by atoms with Crippen molar-refractivity contribution in [3.05, 3.63) is 27.5 Å². The fourth-order valence-corrected chi connectivity index (χ4v) is 6.78. The molecule has 0 saturated carbocycles. The van der Waals surface area contributed by atoms with Crippen LogP contribution in [0.3, 0.4) is 0 Å². The highest BCUT2D eigenvalue weighted by Gasteiger charge is 2.31. The molecule has 2 atom stereocenters. The molecular weight excluding hydrogens is 300 g/mol. The van der Waals surface area contributed by atoms with E-state index < -0.39 is 0 Å². The molecule has 1 N–H and O–H groups in total. The van der Waals surface area contributed by atoms with Gasteiger partial charge in [-0.3, -0.25) is 0 Å². The Balaban J connectivity index is 1.51. The Labute approximate surface area is 123 Å². The Bertz CT molecular complexity index is 503. The summed E-state index contributed by atoms with van der Waals surface area (Å²) < 4.78 is 0. The molecular formula is C12H12N2S4. The molecule has 0 amide bonds. The van der Waals surface area contributed by atoms with Gasteiger partial charge in [0, 0.05) is 10.7 Å². The van der Waals surface area contributed by atoms with Crippen molar-refractivity contribution in [2.24, 2.45) is 0 Å². The van der Waals surface area contributed by atoms with Crippen LogP contribution in [0, 0.1) is 0 Å². The average molecular weight is 313 g/mol. The summed E-state index contributed by atoms with van der Waals surface area (Å²) in [5, 5.41) is 10.6. The van der Waals surface area contributed by atoms with Crippen molar-refractivity contribution in [1.82, 2.24) is 4.98 Å². The van der Waals surface area contributed by atoms with Crippen LogP contribution in [-0.4, -0.2) is 16.1 Å². The molecule has 0 spiro atoms. The summed E-state index contributed by atoms with van der Waals surface area (Å²) in [6, 6.07) is 0. The van der Waals surface area contributed by atoms with E-state index in [2.05, 4.69) is 22.9 Å². The molecule has 94 valence electrons. The van der Waals surface area contributed by atoms with Gasteiger partial charge in [-0.1, -0.05) is 35.3 Å². The van der Waals surface area contributed by atoms with Crippen molar-refractivity contribution in [2.75, 3.05) is 11.1 Å². The number of rotatable bonds is 2. The molecule has 2 nitrogen and oxygen atoms in total. The van der Waals surface area contributed by atoms with Gasteiger partial charge in [0.2, 0.25) is 0 Å². The molecule has 0 aliphatic carbocycles. The quantitative estimate of drug-likeness (QED) is 0.853. The van der Waals surface area contributed by atoms with Crippen LogP contribution in [0.2, 0.25) is 0 Å². The van der Waals surface area contributed by atoms with Crippen LogP contribution in [0.15, 0.2) is 27.5 Å². The minimum Gasteiger partial charge on any atom is -0.358 e. The van der Waals surface area contributed by atoms with E-state index in [0.717, 1.165) is 6.42 Å². The smallest absolute Gasteiger partial charge is 0.133 e. The minimum absolute atomic E-state index is 0.426. The van der Waals surface area contributed by atoms with Crippen LogP contribution >= 0.6 is 46.6 Å². The van der Waals surface area contributed by atoms with E-state index in [4.69, 9.17) is 4.98 Å². The first kappa shape index (κ1) is 11.8. The van der Waals surface area contributed by atoms with Crippen molar-refractivity contribution in [1.29, 1.82) is 0 Å². The molecule has 1 aromatic heterocycles. The van der Waals surface area contributed by atoms with Crippen LogP contribution in [0.5, 0.6) is 0 Å². The molecule has 0 radical (unpaired) electrons. The Hall–Kier alpha value is -0.0400. The second kappa shape index (κ2) is 4.81. The lowest BCUT2D eigenvalue weighted by Crippen LogP contribution is -2.10. The predicted molar refractivity (Wildman–Crippen MR) is 84.6 cm³/mol. The van der Waals surface area contributed by atoms with Crippen molar-refractivity contribution in [2.45, 2.75) is 28.5 Å². The summed E-state index contributed by atoms with van der Waals surface area (Å²) in [5.74, 6) is 1.24. The number of aromatic nitrogens is 1. The third kappa shape index (κ3) is 2.03. The van der Waals surface area contributed by atoms with Crippen molar-refractivity contribution in [3.8, 4) is 0 Å². The largest absolute Gasteiger partial charge is 0.358 e. The average Bonchev–Trinajstić information content (AvgIpc) is 3.13. The maximum Gasteiger partial charge on any atom is 0.133 e. The van der Waals surface area contributed by atoms with Gasteiger partial charge in [0.25, 0.3) is 0 Å². The summed E-state index contributed by atoms with van der Waals surface area (Å²) in [6.45, 7) is 0. The maximum atomic E-state index is 4.82. The van der Waals surface area contributed by atoms with Crippen molar-refractivity contribution in [3.63, 3.8) is 0 Å². The third-order valence-corrected chi connectivity index (χ3v) is 7.98. The summed E-state index contributed by atoms with van der Waals surface area (Å²) >= 11 is 7.60. The molecule has 2 unspecified atom stereocenters. The number of hydrogen-bond acceptors (Lipinski definition) is 6. The molecule has 18 heavy (non-hydrogen) atoms. The molecule has 6 heteroatoms. The SMILES string of the molecule is C1=CSC(c2nc3c(s2)NC(C2=CCCS2)S3)C1. The number of thiazole rings is 1. The molecule has 0 saturated heterocycles. The lowest BCUT2D eigenvalue weighted by molar-refractivity contribution is 0.947. The first-order valence-corrected chi connectivity index (χ1v) is 9.60. The van der Waals surface area contributed by atoms with Gasteiger partial charge in [-0.2, -0.15) is 0 Å². The van der Waals surface area contributed by atoms with Gasteiger partial charge >= 0.3 is 0 Å². The second-order valence-electron chi connectivity index (χ2n) is 4.30. The second-order valence-corrected chi connectivity index (χ2v) is 8.71. The van der Waals surface area contributed by atoms with Crippen LogP contribution in [0.25, 0.3) is 0 Å². The fourth-order valence-electron chi connectivity index (χ4n) is 2.18. The monoisotopic (exact) mass is 312 g/mol. The van der Waals surface area contributed by atoms with Gasteiger partial charge in [0.1, 0.15) is 20.4 Å². The van der Waals surface area contributed by atoms with E-state index in [9.17, 15) is 0 Å². The normalized spacial score (nSPS) is 29.4. The zero-order chi connectivity index (χ0) is 11.9. The summed E-state index contributed by atoms with van der Waals surface area (Å²) in [5.41, 5.74) is 0. The maximum absolute atomic E-state index is 4.82. The van der Waals surface area contributed by atoms with Gasteiger partial charge in [-0.25, -0.2) is 4.98 Å². The van der Waals surface area contributed by atoms with Crippen molar-refractivity contribution < 1.29 is 0 Å². The zero-order valence-corrected chi connectivity index (χ0v) is 12.9. The van der Waals surface area contributed by atoms with Crippen molar-refractivity contribution >= 4 is 51.6 Å². The molecule has 3 aliphatic rings. The van der Waals surface area contributed by atoms with E-state index in [-0.39, 0.29) is 0 Å². The lowest BCUT2D eigenvalue weighted by Gasteiger charge is -2.11. The van der Waals surface area contributed by atoms with Gasteiger partial charge in [-0.05, 0) is 18.2 Å². The van der Waals surface area contributed by atoms with Crippen LogP contribution in [0.1, 0.15) is 23.1 Å². The molecule has 1 aromatic rings. The number of fused-ring (bicyclic) bond motifs is 1. The molecule has 0 fully saturated rings. The standard InChI is InChI=1S/C12H12N2S4/c1-3-7(15-5-1)9-13-11-12(17-9)14-10(18-11)8-4-2-6-16-8/h1,4-5,7,10,14H,2-3,6H2. The van der Waals surface area contributed by atoms with E-state index >= 15 is 0 Å². The Kier molecular flexibility index (Phi) is 3.14. The fraction of sp³-hybridized carbons (Fsp3) is 0.417. The highest BCUT2D eigenvalue weighted by atomic mass is 32.2. The number of allylic oxidation sites excluding steroid dienone is 2. The number of hydrogen-bond donors (Lipinski definition) is 1. The Morgan fingerprint density at radius 1 is 1.39 bits per heavy atom. The van der Waals surface area contributed by atoms with E-state index in [1.54, 1.807) is 0 Å². The van der Waals surface area contributed by atoms with Crippen LogP contribution < -0.4 is 5.32 Å². The van der Waals surface area contributed by atoms with Gasteiger partial charge in [0.05, 0.1) is 5.25 Å². The summed E-state index contributed by atoms with van der Waals surface area (Å²) in [6.07, 6.45) is 6.95. The topological polar surface area (TPSA) is 24.9 Å². The van der Waals surface area contributed by atoms with E-state index in [1.807, 2.05) is 46.6 Å². The highest BCUT2D eigenvalue weighted by molar-refractivity contribution is 8.06. The van der Waals surface area contributed by atoms with Crippen LogP contribution in [-0.2, 0) is 0 Å². The number of nitrogens with one attached hydrogen (secondary N) is 1. The highest BCUT2D eigenvalue weighted by Crippen LogP contribution is 2.50. The Morgan fingerprint density at radius 3 is 3.11 bits per heavy atom. The molecule has 3 aliphatic heterocycles. The van der Waals surface area contributed by atoms with E-state index in [0.29, 0.717) is 10.6 Å². The van der Waals surface area contributed by atoms with Gasteiger partial charge < -0.3 is 5.32 Å². The van der Waals surface area contributed by atoms with Crippen LogP contribution in [0.4, 0.5) is 5.00 Å². The first-order valence-electron chi connectivity index (χ1n) is 5.97. The Morgan fingerprint density at radius 2 is 2.39 bits per heavy atom. The predicted octanol–water partition coefficient (Wildman–Crippen LogP) is 4.70. The third-order valence-electron chi connectivity index (χ3n) is 3.06. The van der Waals surface area contributed by atoms with E-state index in [1.165, 1.54) is 32.1 Å². The number of thioether (sulfide) groups is 3. The summed E-state index contributed by atoms with van der Waals surface area (Å²) in [7, 11) is 0. The van der Waals surface area contributed by atoms with Gasteiger partial charge in [0.15, 0.2) is 0 Å². The molecule has 4 heterocycles. The minimum atomic E-state index is 0.426. The first-order chi connectivity index (χ1) is 8.90. The molecule has 0 bridgehead atoms.